The van der Waals surface area contributed by atoms with Crippen LogP contribution in [0.1, 0.15) is 58.4 Å². The van der Waals surface area contributed by atoms with Crippen LogP contribution < -0.4 is 0 Å². The molecule has 0 aromatic carbocycles. The molecule has 3 rings (SSSR count). The lowest BCUT2D eigenvalue weighted by Gasteiger charge is -2.40. The average Bonchev–Trinajstić information content (AvgIpc) is 3.25. The summed E-state index contributed by atoms with van der Waals surface area (Å²) in [6, 6.07) is -0.771. The summed E-state index contributed by atoms with van der Waals surface area (Å²) in [5.41, 5.74) is 1.21. The smallest absolute Gasteiger partial charge is 0.256 e. The van der Waals surface area contributed by atoms with E-state index in [0.717, 1.165) is 32.5 Å². The molecule has 2 fully saturated rings. The molecule has 2 saturated heterocycles. The number of nitrogens with zero attached hydrogens (tertiary/aromatic N) is 3. The van der Waals surface area contributed by atoms with E-state index in [-0.39, 0.29) is 12.0 Å². The first-order valence-electron chi connectivity index (χ1n) is 10.5. The SMILES string of the molecule is CC(C)c1cnn(C[C@H]2COC(C(C(F)F)N3CCC(C(C)C)CC3)C2)c1. The van der Waals surface area contributed by atoms with Crippen molar-refractivity contribution in [1.29, 1.82) is 0 Å². The van der Waals surface area contributed by atoms with Crippen LogP contribution in [0.5, 0.6) is 0 Å². The molecular weight excluding hydrogens is 348 g/mol. The van der Waals surface area contributed by atoms with Gasteiger partial charge in [-0.2, -0.15) is 5.10 Å². The zero-order chi connectivity index (χ0) is 19.6. The van der Waals surface area contributed by atoms with E-state index >= 15 is 0 Å². The Morgan fingerprint density at radius 1 is 1.19 bits per heavy atom. The van der Waals surface area contributed by atoms with Gasteiger partial charge >= 0.3 is 0 Å². The second-order valence-electron chi connectivity index (χ2n) is 9.07. The molecule has 0 aliphatic carbocycles. The van der Waals surface area contributed by atoms with Gasteiger partial charge in [0.25, 0.3) is 6.43 Å². The quantitative estimate of drug-likeness (QED) is 0.698. The van der Waals surface area contributed by atoms with Crippen molar-refractivity contribution in [2.45, 2.75) is 78.0 Å². The minimum absolute atomic E-state index is 0.254. The Bertz CT molecular complexity index is 582. The third-order valence-corrected chi connectivity index (χ3v) is 6.45. The molecule has 2 unspecified atom stereocenters. The largest absolute Gasteiger partial charge is 0.376 e. The summed E-state index contributed by atoms with van der Waals surface area (Å²) >= 11 is 0. The van der Waals surface area contributed by atoms with Crippen molar-refractivity contribution in [3.05, 3.63) is 18.0 Å². The number of hydrogen-bond acceptors (Lipinski definition) is 3. The van der Waals surface area contributed by atoms with E-state index in [2.05, 4.69) is 39.0 Å². The molecule has 1 aromatic rings. The van der Waals surface area contributed by atoms with E-state index in [1.54, 1.807) is 0 Å². The first kappa shape index (κ1) is 20.7. The summed E-state index contributed by atoms with van der Waals surface area (Å²) < 4.78 is 35.6. The summed E-state index contributed by atoms with van der Waals surface area (Å²) in [6.45, 7) is 11.6. The van der Waals surface area contributed by atoms with Crippen molar-refractivity contribution in [3.8, 4) is 0 Å². The maximum Gasteiger partial charge on any atom is 0.256 e. The van der Waals surface area contributed by atoms with Crippen molar-refractivity contribution in [3.63, 3.8) is 0 Å². The third kappa shape index (κ3) is 5.08. The van der Waals surface area contributed by atoms with Gasteiger partial charge in [0.2, 0.25) is 0 Å². The van der Waals surface area contributed by atoms with Gasteiger partial charge < -0.3 is 4.74 Å². The van der Waals surface area contributed by atoms with E-state index in [1.165, 1.54) is 5.56 Å². The Morgan fingerprint density at radius 2 is 1.89 bits per heavy atom. The van der Waals surface area contributed by atoms with Gasteiger partial charge in [0.05, 0.1) is 24.9 Å². The molecule has 3 atom stereocenters. The molecular formula is C21H35F2N3O. The van der Waals surface area contributed by atoms with Crippen LogP contribution >= 0.6 is 0 Å². The molecule has 3 heterocycles. The molecule has 0 bridgehead atoms. The standard InChI is InChI=1S/C21H35F2N3O/c1-14(2)17-5-7-25(8-6-17)20(21(22)23)19-9-16(13-27-19)11-26-12-18(10-24-26)15(3)4/h10,12,14-17,19-21H,5-9,11,13H2,1-4H3/t16-,19?,20?/m0/s1. The molecule has 0 radical (unpaired) electrons. The van der Waals surface area contributed by atoms with Crippen LogP contribution in [-0.2, 0) is 11.3 Å². The minimum atomic E-state index is -2.36. The zero-order valence-corrected chi connectivity index (χ0v) is 17.2. The van der Waals surface area contributed by atoms with E-state index in [9.17, 15) is 8.78 Å². The molecule has 1 aromatic heterocycles. The van der Waals surface area contributed by atoms with Gasteiger partial charge in [-0.3, -0.25) is 9.58 Å². The molecule has 2 aliphatic rings. The number of piperidine rings is 1. The van der Waals surface area contributed by atoms with E-state index in [1.807, 2.05) is 15.8 Å². The van der Waals surface area contributed by atoms with Crippen molar-refractivity contribution in [2.75, 3.05) is 19.7 Å². The predicted molar refractivity (Wildman–Crippen MR) is 103 cm³/mol. The Labute approximate surface area is 162 Å². The summed E-state index contributed by atoms with van der Waals surface area (Å²) in [4.78, 5) is 1.99. The molecule has 0 amide bonds. The summed E-state index contributed by atoms with van der Waals surface area (Å²) in [6.07, 6.45) is 3.96. The highest BCUT2D eigenvalue weighted by Crippen LogP contribution is 2.33. The molecule has 0 saturated carbocycles. The zero-order valence-electron chi connectivity index (χ0n) is 17.2. The monoisotopic (exact) mass is 383 g/mol. The molecule has 0 spiro atoms. The second-order valence-corrected chi connectivity index (χ2v) is 9.07. The fraction of sp³-hybridized carbons (Fsp3) is 0.857. The third-order valence-electron chi connectivity index (χ3n) is 6.45. The Morgan fingerprint density at radius 3 is 2.44 bits per heavy atom. The van der Waals surface area contributed by atoms with E-state index in [4.69, 9.17) is 4.74 Å². The van der Waals surface area contributed by atoms with Crippen LogP contribution in [0, 0.1) is 17.8 Å². The van der Waals surface area contributed by atoms with Gasteiger partial charge in [0, 0.05) is 18.7 Å². The topological polar surface area (TPSA) is 30.3 Å². The number of ether oxygens (including phenoxy) is 1. The summed E-state index contributed by atoms with van der Waals surface area (Å²) in [5, 5.41) is 4.42. The number of alkyl halides is 2. The second kappa shape index (κ2) is 8.99. The van der Waals surface area contributed by atoms with Gasteiger partial charge in [0.1, 0.15) is 0 Å². The minimum Gasteiger partial charge on any atom is -0.376 e. The van der Waals surface area contributed by atoms with Gasteiger partial charge in [-0.15, -0.1) is 0 Å². The maximum absolute atomic E-state index is 13.9. The predicted octanol–water partition coefficient (Wildman–Crippen LogP) is 4.41. The van der Waals surface area contributed by atoms with Gasteiger partial charge in [-0.25, -0.2) is 8.78 Å². The lowest BCUT2D eigenvalue weighted by atomic mass is 9.85. The molecule has 6 heteroatoms. The number of likely N-dealkylation sites (tertiary alicyclic amines) is 1. The highest BCUT2D eigenvalue weighted by atomic mass is 19.3. The fourth-order valence-corrected chi connectivity index (χ4v) is 4.57. The highest BCUT2D eigenvalue weighted by Gasteiger charge is 2.41. The van der Waals surface area contributed by atoms with Crippen LogP contribution in [0.25, 0.3) is 0 Å². The van der Waals surface area contributed by atoms with Crippen molar-refractivity contribution in [2.24, 2.45) is 17.8 Å². The van der Waals surface area contributed by atoms with Crippen LogP contribution in [0.15, 0.2) is 12.4 Å². The lowest BCUT2D eigenvalue weighted by Crippen LogP contribution is -2.51. The maximum atomic E-state index is 13.9. The Kier molecular flexibility index (Phi) is 6.90. The van der Waals surface area contributed by atoms with E-state index < -0.39 is 12.5 Å². The number of hydrogen-bond donors (Lipinski definition) is 0. The molecule has 27 heavy (non-hydrogen) atoms. The number of rotatable bonds is 7. The lowest BCUT2D eigenvalue weighted by molar-refractivity contribution is -0.0657. The van der Waals surface area contributed by atoms with E-state index in [0.29, 0.717) is 30.8 Å². The van der Waals surface area contributed by atoms with Crippen LogP contribution in [0.3, 0.4) is 0 Å². The van der Waals surface area contributed by atoms with Crippen LogP contribution in [0.4, 0.5) is 8.78 Å². The molecule has 2 aliphatic heterocycles. The van der Waals surface area contributed by atoms with Crippen molar-refractivity contribution >= 4 is 0 Å². The first-order chi connectivity index (χ1) is 12.8. The first-order valence-corrected chi connectivity index (χ1v) is 10.5. The Balaban J connectivity index is 1.56. The normalized spacial score (nSPS) is 26.6. The van der Waals surface area contributed by atoms with Crippen molar-refractivity contribution < 1.29 is 13.5 Å². The average molecular weight is 384 g/mol. The molecule has 4 nitrogen and oxygen atoms in total. The van der Waals surface area contributed by atoms with Gasteiger partial charge in [-0.05, 0) is 55.7 Å². The Hall–Kier alpha value is -1.01. The summed E-state index contributed by atoms with van der Waals surface area (Å²) in [7, 11) is 0. The van der Waals surface area contributed by atoms with Crippen molar-refractivity contribution in [1.82, 2.24) is 14.7 Å². The van der Waals surface area contributed by atoms with Crippen LogP contribution in [0.2, 0.25) is 0 Å². The number of halogens is 2. The molecule has 0 N–H and O–H groups in total. The summed E-state index contributed by atoms with van der Waals surface area (Å²) in [5.74, 6) is 1.99. The fourth-order valence-electron chi connectivity index (χ4n) is 4.57. The number of aromatic nitrogens is 2. The van der Waals surface area contributed by atoms with Crippen LogP contribution in [-0.4, -0.2) is 52.9 Å². The highest BCUT2D eigenvalue weighted by molar-refractivity contribution is 5.08. The van der Waals surface area contributed by atoms with Gasteiger partial charge in [0.15, 0.2) is 0 Å². The molecule has 154 valence electrons. The van der Waals surface area contributed by atoms with Gasteiger partial charge in [-0.1, -0.05) is 27.7 Å².